The number of hydrogen-bond donors (Lipinski definition) is 2. The van der Waals surface area contributed by atoms with Gasteiger partial charge in [0.05, 0.1) is 6.61 Å². The lowest BCUT2D eigenvalue weighted by Gasteiger charge is -2.64. The zero-order chi connectivity index (χ0) is 28.8. The minimum Gasteiger partial charge on any atom is -0.478 e. The number of Topliss-reactive ketones (excluding diaryl/α,β-unsaturated/α-hetero) is 1. The van der Waals surface area contributed by atoms with Gasteiger partial charge in [-0.05, 0) is 60.5 Å². The number of carboxylic acids is 1. The number of ketones is 1. The van der Waals surface area contributed by atoms with E-state index in [9.17, 15) is 24.5 Å². The molecule has 9 atom stereocenters. The summed E-state index contributed by atoms with van der Waals surface area (Å²) in [5.41, 5.74) is -1.25. The molecule has 0 amide bonds. The monoisotopic (exact) mass is 556 g/mol. The smallest absolute Gasteiger partial charge is 0.478 e. The Morgan fingerprint density at radius 3 is 2.65 bits per heavy atom. The Hall–Kier alpha value is -2.46. The van der Waals surface area contributed by atoms with Crippen LogP contribution in [0.1, 0.15) is 78.2 Å². The van der Waals surface area contributed by atoms with Crippen LogP contribution in [-0.2, 0) is 30.4 Å². The summed E-state index contributed by atoms with van der Waals surface area (Å²) in [6.45, 7) is 8.37. The molecule has 3 saturated carbocycles. The van der Waals surface area contributed by atoms with Crippen molar-refractivity contribution in [2.75, 3.05) is 0 Å². The molecule has 1 saturated heterocycles. The maximum absolute atomic E-state index is 15.6. The highest BCUT2D eigenvalue weighted by Gasteiger charge is 2.70. The van der Waals surface area contributed by atoms with E-state index in [2.05, 4.69) is 20.8 Å². The van der Waals surface area contributed by atoms with Crippen molar-refractivity contribution in [3.8, 4) is 5.75 Å². The Morgan fingerprint density at radius 1 is 1.18 bits per heavy atom. The first-order chi connectivity index (χ1) is 18.8. The minimum atomic E-state index is -1.47. The van der Waals surface area contributed by atoms with Crippen LogP contribution in [0.3, 0.4) is 0 Å². The summed E-state index contributed by atoms with van der Waals surface area (Å²) < 4.78 is 33.0. The molecule has 2 bridgehead atoms. The van der Waals surface area contributed by atoms with Crippen molar-refractivity contribution in [3.05, 3.63) is 23.5 Å². The van der Waals surface area contributed by atoms with E-state index in [0.717, 1.165) is 12.8 Å². The molecular formula is C30H38BFO8. The number of rotatable bonds is 4. The van der Waals surface area contributed by atoms with Crippen LogP contribution in [0.5, 0.6) is 5.75 Å². The van der Waals surface area contributed by atoms with Crippen LogP contribution >= 0.6 is 0 Å². The Labute approximate surface area is 234 Å². The highest BCUT2D eigenvalue weighted by atomic mass is 19.1. The second-order valence-electron chi connectivity index (χ2n) is 13.6. The van der Waals surface area contributed by atoms with Gasteiger partial charge in [0.2, 0.25) is 0 Å². The van der Waals surface area contributed by atoms with Crippen LogP contribution in [0.4, 0.5) is 4.39 Å². The predicted octanol–water partition coefficient (Wildman–Crippen LogP) is 3.65. The Balaban J connectivity index is 1.51. The summed E-state index contributed by atoms with van der Waals surface area (Å²) in [6.07, 6.45) is 1.93. The molecule has 1 aromatic rings. The molecule has 216 valence electrons. The average Bonchev–Trinajstić information content (AvgIpc) is 3.46. The number of halogens is 1. The van der Waals surface area contributed by atoms with E-state index >= 15 is 4.39 Å². The molecule has 2 heterocycles. The first kappa shape index (κ1) is 27.7. The molecular weight excluding hydrogens is 518 g/mol. The van der Waals surface area contributed by atoms with Gasteiger partial charge in [-0.25, -0.2) is 9.18 Å². The molecule has 0 radical (unpaired) electrons. The third kappa shape index (κ3) is 3.74. The van der Waals surface area contributed by atoms with Crippen LogP contribution in [-0.4, -0.2) is 47.2 Å². The van der Waals surface area contributed by atoms with Crippen molar-refractivity contribution in [1.82, 2.24) is 0 Å². The summed E-state index contributed by atoms with van der Waals surface area (Å²) in [6, 6.07) is 2.97. The highest BCUT2D eigenvalue weighted by molar-refractivity contribution is 6.61. The third-order valence-corrected chi connectivity index (χ3v) is 11.9. The molecule has 0 aromatic heterocycles. The Morgan fingerprint density at radius 2 is 1.93 bits per heavy atom. The first-order valence-corrected chi connectivity index (χ1v) is 14.6. The molecule has 2 N–H and O–H groups in total. The summed E-state index contributed by atoms with van der Waals surface area (Å²) in [4.78, 5) is 39.5. The number of esters is 1. The molecule has 10 heteroatoms. The first-order valence-electron chi connectivity index (χ1n) is 14.6. The van der Waals surface area contributed by atoms with Crippen molar-refractivity contribution >= 4 is 30.3 Å². The van der Waals surface area contributed by atoms with Crippen LogP contribution in [0.15, 0.2) is 12.1 Å². The number of carboxylic acid groups (broad SMARTS) is 1. The van der Waals surface area contributed by atoms with Gasteiger partial charge in [-0.3, -0.25) is 9.59 Å². The predicted molar refractivity (Wildman–Crippen MR) is 142 cm³/mol. The quantitative estimate of drug-likeness (QED) is 0.426. The van der Waals surface area contributed by atoms with E-state index in [1.165, 1.54) is 6.07 Å². The van der Waals surface area contributed by atoms with E-state index < -0.39 is 59.2 Å². The van der Waals surface area contributed by atoms with Gasteiger partial charge >= 0.3 is 19.1 Å². The van der Waals surface area contributed by atoms with Crippen LogP contribution in [0, 0.1) is 45.7 Å². The lowest BCUT2D eigenvalue weighted by molar-refractivity contribution is -0.219. The number of carbonyl (C=O) groups is 3. The van der Waals surface area contributed by atoms with Gasteiger partial charge in [0.15, 0.2) is 17.7 Å². The van der Waals surface area contributed by atoms with Gasteiger partial charge in [-0.15, -0.1) is 0 Å². The molecule has 40 heavy (non-hydrogen) atoms. The molecule has 0 spiro atoms. The summed E-state index contributed by atoms with van der Waals surface area (Å²) in [5.74, 6) is -3.61. The second-order valence-corrected chi connectivity index (χ2v) is 13.6. The molecule has 8 nitrogen and oxygen atoms in total. The summed E-state index contributed by atoms with van der Waals surface area (Å²) >= 11 is 0. The van der Waals surface area contributed by atoms with Gasteiger partial charge in [-0.2, -0.15) is 0 Å². The number of benzene rings is 1. The molecule has 1 unspecified atom stereocenters. The fraction of sp³-hybridized carbons (Fsp3) is 0.700. The Bertz CT molecular complexity index is 1270. The van der Waals surface area contributed by atoms with Gasteiger partial charge < -0.3 is 24.3 Å². The van der Waals surface area contributed by atoms with Crippen LogP contribution in [0.25, 0.3) is 0 Å². The number of carbonyl (C=O) groups excluding carboxylic acids is 2. The van der Waals surface area contributed by atoms with Crippen molar-refractivity contribution in [2.24, 2.45) is 39.9 Å². The molecule has 4 fully saturated rings. The zero-order valence-electron chi connectivity index (χ0n) is 23.6. The molecule has 2 aliphatic heterocycles. The highest BCUT2D eigenvalue weighted by Crippen LogP contribution is 2.70. The van der Waals surface area contributed by atoms with Gasteiger partial charge in [0.1, 0.15) is 11.9 Å². The molecule has 6 rings (SSSR count). The lowest BCUT2D eigenvalue weighted by atomic mass is 9.41. The van der Waals surface area contributed by atoms with Crippen LogP contribution in [0.2, 0.25) is 0 Å². The third-order valence-electron chi connectivity index (χ3n) is 11.9. The minimum absolute atomic E-state index is 0.0155. The average molecular weight is 556 g/mol. The van der Waals surface area contributed by atoms with Gasteiger partial charge in [-0.1, -0.05) is 33.8 Å². The normalized spacial score (nSPS) is 41.2. The van der Waals surface area contributed by atoms with E-state index in [4.69, 9.17) is 14.1 Å². The van der Waals surface area contributed by atoms with E-state index in [1.54, 1.807) is 6.07 Å². The van der Waals surface area contributed by atoms with Gasteiger partial charge in [0.25, 0.3) is 0 Å². The summed E-state index contributed by atoms with van der Waals surface area (Å²) in [7, 11) is -1.45. The van der Waals surface area contributed by atoms with Crippen molar-refractivity contribution < 1.29 is 43.0 Å². The van der Waals surface area contributed by atoms with Crippen molar-refractivity contribution in [2.45, 2.75) is 91.5 Å². The lowest BCUT2D eigenvalue weighted by Crippen LogP contribution is -2.65. The number of fused-ring (bicyclic) bond motifs is 2. The molecule has 3 aliphatic carbocycles. The standard InChI is InChI=1S/C30H38BFO8/c1-15-7-11-30-12-8-19(33)25(30)29(15,4)18(13-28(3)10-9-21(34)40-26(28)16(30)2)24(27(35)36)39-20-6-5-17-14-38-31(37)22(17)23(20)32/h5-6,15-16,18,24-26,37H,7-14H2,1-4H3,(H,35,36)/t15-,16+,18+,24?,25+,26+,28-,29-,30+/m1/s1. The maximum atomic E-state index is 15.6. The number of aliphatic carboxylic acids is 1. The Kier molecular flexibility index (Phi) is 6.43. The van der Waals surface area contributed by atoms with E-state index in [-0.39, 0.29) is 47.8 Å². The van der Waals surface area contributed by atoms with Gasteiger partial charge in [0, 0.05) is 41.5 Å². The molecule has 5 aliphatic rings. The number of ether oxygens (including phenoxy) is 2. The topological polar surface area (TPSA) is 119 Å². The second kappa shape index (κ2) is 9.28. The van der Waals surface area contributed by atoms with Crippen LogP contribution < -0.4 is 10.2 Å². The van der Waals surface area contributed by atoms with E-state index in [0.29, 0.717) is 31.2 Å². The molecule has 1 aromatic carbocycles. The van der Waals surface area contributed by atoms with Crippen molar-refractivity contribution in [3.63, 3.8) is 0 Å². The largest absolute Gasteiger partial charge is 0.494 e. The zero-order valence-corrected chi connectivity index (χ0v) is 23.6. The van der Waals surface area contributed by atoms with E-state index in [1.807, 2.05) is 6.92 Å². The summed E-state index contributed by atoms with van der Waals surface area (Å²) in [5, 5.41) is 20.8. The maximum Gasteiger partial charge on any atom is 0.494 e. The van der Waals surface area contributed by atoms with Crippen molar-refractivity contribution in [1.29, 1.82) is 0 Å². The fourth-order valence-electron chi connectivity index (χ4n) is 9.62. The fourth-order valence-corrected chi connectivity index (χ4v) is 9.62. The number of hydrogen-bond acceptors (Lipinski definition) is 7. The SMILES string of the molecule is C[C@@H]1CC[C@@]23CCC(=O)[C@H]2[C@@]1(C)[C@H](C(Oc1ccc2c(c1F)B(O)OC2)C(=O)O)C[C@@]1(C)CCC(=O)O[C@H]1[C@@H]3C.